The molecule has 0 spiro atoms. The van der Waals surface area contributed by atoms with Crippen LogP contribution in [0.2, 0.25) is 0 Å². The SMILES string of the molecule is CCCCCC#CC#CCCCCCCCCCOC(=O)CC(=O)OCCCCCCCCCC#CC#CCCCCC. The van der Waals surface area contributed by atoms with Gasteiger partial charge in [-0.15, -0.1) is 0 Å². The maximum absolute atomic E-state index is 11.8. The van der Waals surface area contributed by atoms with Gasteiger partial charge < -0.3 is 9.47 Å². The summed E-state index contributed by atoms with van der Waals surface area (Å²) < 4.78 is 10.4. The van der Waals surface area contributed by atoms with Gasteiger partial charge in [0.2, 0.25) is 0 Å². The van der Waals surface area contributed by atoms with Crippen LogP contribution in [0.15, 0.2) is 0 Å². The zero-order valence-electron chi connectivity index (χ0n) is 27.7. The van der Waals surface area contributed by atoms with Crippen molar-refractivity contribution in [3.63, 3.8) is 0 Å². The second kappa shape index (κ2) is 35.4. The molecule has 0 N–H and O–H groups in total. The Kier molecular flexibility index (Phi) is 33.1. The second-order valence-electron chi connectivity index (χ2n) is 11.2. The molecule has 0 unspecified atom stereocenters. The Morgan fingerprint density at radius 1 is 0.395 bits per heavy atom. The molecule has 0 fully saturated rings. The molecule has 0 heterocycles. The minimum Gasteiger partial charge on any atom is -0.465 e. The molecule has 0 aromatic rings. The number of ether oxygens (including phenoxy) is 2. The van der Waals surface area contributed by atoms with E-state index in [0.29, 0.717) is 13.2 Å². The van der Waals surface area contributed by atoms with Crippen molar-refractivity contribution in [3.05, 3.63) is 0 Å². The number of esters is 2. The normalized spacial score (nSPS) is 9.72. The van der Waals surface area contributed by atoms with E-state index in [1.54, 1.807) is 0 Å². The lowest BCUT2D eigenvalue weighted by atomic mass is 10.1. The van der Waals surface area contributed by atoms with Crippen LogP contribution in [0.5, 0.6) is 0 Å². The minimum absolute atomic E-state index is 0.291. The maximum Gasteiger partial charge on any atom is 0.317 e. The topological polar surface area (TPSA) is 52.6 Å². The zero-order valence-corrected chi connectivity index (χ0v) is 27.7. The van der Waals surface area contributed by atoms with Crippen LogP contribution in [0, 0.1) is 47.4 Å². The summed E-state index contributed by atoms with van der Waals surface area (Å²) in [4.78, 5) is 23.7. The molecule has 43 heavy (non-hydrogen) atoms. The summed E-state index contributed by atoms with van der Waals surface area (Å²) in [6.07, 6.45) is 26.3. The zero-order chi connectivity index (χ0) is 31.3. The Morgan fingerprint density at radius 2 is 0.674 bits per heavy atom. The molecule has 0 aliphatic heterocycles. The van der Waals surface area contributed by atoms with Gasteiger partial charge in [0.15, 0.2) is 0 Å². The summed E-state index contributed by atoms with van der Waals surface area (Å²) in [6.45, 7) is 5.15. The van der Waals surface area contributed by atoms with E-state index < -0.39 is 11.9 Å². The van der Waals surface area contributed by atoms with Crippen molar-refractivity contribution >= 4 is 11.9 Å². The third-order valence-electron chi connectivity index (χ3n) is 7.00. The van der Waals surface area contributed by atoms with Gasteiger partial charge in [0.05, 0.1) is 13.2 Å². The Hall–Kier alpha value is -2.82. The van der Waals surface area contributed by atoms with Gasteiger partial charge in [-0.1, -0.05) is 127 Å². The number of carbonyl (C=O) groups excluding carboxylic acids is 2. The first kappa shape index (κ1) is 40.2. The predicted molar refractivity (Wildman–Crippen MR) is 180 cm³/mol. The van der Waals surface area contributed by atoms with Crippen molar-refractivity contribution in [2.24, 2.45) is 0 Å². The summed E-state index contributed by atoms with van der Waals surface area (Å²) >= 11 is 0. The van der Waals surface area contributed by atoms with Crippen LogP contribution in [0.4, 0.5) is 0 Å². The fourth-order valence-electron chi connectivity index (χ4n) is 4.34. The van der Waals surface area contributed by atoms with Gasteiger partial charge in [-0.3, -0.25) is 9.59 Å². The van der Waals surface area contributed by atoms with Crippen LogP contribution >= 0.6 is 0 Å². The summed E-state index contributed by atoms with van der Waals surface area (Å²) in [5, 5.41) is 0. The monoisotopic (exact) mass is 592 g/mol. The molecular formula is C39H60O4. The van der Waals surface area contributed by atoms with Gasteiger partial charge in [0.25, 0.3) is 0 Å². The van der Waals surface area contributed by atoms with Gasteiger partial charge >= 0.3 is 11.9 Å². The van der Waals surface area contributed by atoms with Gasteiger partial charge in [-0.2, -0.15) is 0 Å². The molecule has 240 valence electrons. The lowest BCUT2D eigenvalue weighted by molar-refractivity contribution is -0.154. The average Bonchev–Trinajstić information content (AvgIpc) is 3.00. The smallest absolute Gasteiger partial charge is 0.317 e. The molecule has 0 atom stereocenters. The highest BCUT2D eigenvalue weighted by atomic mass is 16.6. The summed E-state index contributed by atoms with van der Waals surface area (Å²) in [6, 6.07) is 0. The van der Waals surface area contributed by atoms with E-state index in [9.17, 15) is 9.59 Å². The first-order chi connectivity index (χ1) is 21.2. The Bertz CT molecular complexity index is 843. The highest BCUT2D eigenvalue weighted by Crippen LogP contribution is 2.10. The fourth-order valence-corrected chi connectivity index (χ4v) is 4.34. The highest BCUT2D eigenvalue weighted by Gasteiger charge is 2.11. The van der Waals surface area contributed by atoms with Crippen LogP contribution in [0.25, 0.3) is 0 Å². The molecule has 0 amide bonds. The van der Waals surface area contributed by atoms with Gasteiger partial charge in [0, 0.05) is 25.7 Å². The number of hydrogen-bond donors (Lipinski definition) is 0. The quantitative estimate of drug-likeness (QED) is 0.0434. The molecule has 0 aliphatic rings. The summed E-state index contributed by atoms with van der Waals surface area (Å²) in [5.74, 6) is 23.4. The van der Waals surface area contributed by atoms with E-state index in [1.807, 2.05) is 0 Å². The predicted octanol–water partition coefficient (Wildman–Crippen LogP) is 9.88. The van der Waals surface area contributed by atoms with Gasteiger partial charge in [0.1, 0.15) is 6.42 Å². The Morgan fingerprint density at radius 3 is 1.00 bits per heavy atom. The average molecular weight is 593 g/mol. The van der Waals surface area contributed by atoms with Crippen LogP contribution < -0.4 is 0 Å². The van der Waals surface area contributed by atoms with Crippen molar-refractivity contribution < 1.29 is 19.1 Å². The third-order valence-corrected chi connectivity index (χ3v) is 7.00. The van der Waals surface area contributed by atoms with Gasteiger partial charge in [-0.25, -0.2) is 0 Å². The van der Waals surface area contributed by atoms with E-state index >= 15 is 0 Å². The first-order valence-corrected chi connectivity index (χ1v) is 17.4. The molecule has 0 saturated heterocycles. The molecule has 0 aromatic heterocycles. The van der Waals surface area contributed by atoms with Crippen molar-refractivity contribution in [1.29, 1.82) is 0 Å². The van der Waals surface area contributed by atoms with E-state index in [0.717, 1.165) is 77.0 Å². The highest BCUT2D eigenvalue weighted by molar-refractivity contribution is 5.91. The van der Waals surface area contributed by atoms with Crippen molar-refractivity contribution in [3.8, 4) is 47.4 Å². The molecule has 4 heteroatoms. The van der Waals surface area contributed by atoms with Crippen molar-refractivity contribution in [2.75, 3.05) is 13.2 Å². The van der Waals surface area contributed by atoms with Crippen LogP contribution in [-0.2, 0) is 19.1 Å². The maximum atomic E-state index is 11.8. The van der Waals surface area contributed by atoms with E-state index in [2.05, 4.69) is 61.2 Å². The number of carbonyl (C=O) groups is 2. The lowest BCUT2D eigenvalue weighted by Gasteiger charge is -2.06. The molecule has 0 bridgehead atoms. The number of unbranched alkanes of at least 4 members (excludes halogenated alkanes) is 20. The van der Waals surface area contributed by atoms with E-state index in [4.69, 9.17) is 9.47 Å². The number of hydrogen-bond acceptors (Lipinski definition) is 4. The Labute approximate surface area is 265 Å². The third kappa shape index (κ3) is 35.3. The molecule has 0 aliphatic carbocycles. The summed E-state index contributed by atoms with van der Waals surface area (Å²) in [7, 11) is 0. The minimum atomic E-state index is -0.486. The first-order valence-electron chi connectivity index (χ1n) is 17.4. The summed E-state index contributed by atoms with van der Waals surface area (Å²) in [5.41, 5.74) is 0. The standard InChI is InChI=1S/C39H60O4/c1-3-5-7-9-11-13-15-17-19-21-23-25-27-29-31-33-35-42-38(40)37-39(41)43-36-34-32-30-28-26-24-22-20-18-16-14-12-10-8-6-4-2/h3-10,19-37H2,1-2H3. The van der Waals surface area contributed by atoms with E-state index in [1.165, 1.54) is 77.0 Å². The molecule has 0 rings (SSSR count). The van der Waals surface area contributed by atoms with E-state index in [-0.39, 0.29) is 6.42 Å². The fraction of sp³-hybridized carbons (Fsp3) is 0.744. The van der Waals surface area contributed by atoms with Crippen LogP contribution in [0.1, 0.15) is 174 Å². The largest absolute Gasteiger partial charge is 0.465 e. The second-order valence-corrected chi connectivity index (χ2v) is 11.2. The Balaban J connectivity index is 3.43. The molecule has 4 nitrogen and oxygen atoms in total. The van der Waals surface area contributed by atoms with Crippen LogP contribution in [0.3, 0.4) is 0 Å². The lowest BCUT2D eigenvalue weighted by Crippen LogP contribution is -2.15. The van der Waals surface area contributed by atoms with Crippen LogP contribution in [-0.4, -0.2) is 25.2 Å². The molecular weight excluding hydrogens is 532 g/mol. The molecule has 0 radical (unpaired) electrons. The molecule has 0 aromatic carbocycles. The molecule has 0 saturated carbocycles. The van der Waals surface area contributed by atoms with Crippen molar-refractivity contribution in [1.82, 2.24) is 0 Å². The van der Waals surface area contributed by atoms with Crippen molar-refractivity contribution in [2.45, 2.75) is 174 Å². The number of rotatable bonds is 26. The van der Waals surface area contributed by atoms with Gasteiger partial charge in [-0.05, 0) is 62.2 Å².